The topological polar surface area (TPSA) is 109 Å². The van der Waals surface area contributed by atoms with Crippen molar-refractivity contribution in [3.63, 3.8) is 0 Å². The monoisotopic (exact) mass is 335 g/mol. The largest absolute Gasteiger partial charge is 0.329 e. The Hall–Kier alpha value is -2.29. The van der Waals surface area contributed by atoms with Crippen molar-refractivity contribution >= 4 is 15.7 Å². The number of nitrogens with one attached hydrogen (secondary N) is 1. The fourth-order valence-corrected chi connectivity index (χ4v) is 3.68. The summed E-state index contributed by atoms with van der Waals surface area (Å²) < 4.78 is 23.8. The van der Waals surface area contributed by atoms with Gasteiger partial charge < -0.3 is 4.90 Å². The van der Waals surface area contributed by atoms with E-state index in [4.69, 9.17) is 0 Å². The normalized spacial score (nSPS) is 18.8. The molecule has 3 heterocycles. The molecule has 1 atom stereocenters. The van der Waals surface area contributed by atoms with Crippen LogP contribution in [0.3, 0.4) is 0 Å². The van der Waals surface area contributed by atoms with Gasteiger partial charge in [0.25, 0.3) is 5.91 Å². The third-order valence-electron chi connectivity index (χ3n) is 3.91. The summed E-state index contributed by atoms with van der Waals surface area (Å²) in [5, 5.41) is 6.62. The van der Waals surface area contributed by atoms with E-state index in [1.54, 1.807) is 4.90 Å². The minimum atomic E-state index is -3.41. The SMILES string of the molecule is CS(=O)(=O)c1cn[nH]c1[C@@H]1CCCCN1C(=O)c1cnccn1. The molecule has 0 aliphatic carbocycles. The first kappa shape index (κ1) is 15.6. The van der Waals surface area contributed by atoms with E-state index < -0.39 is 9.84 Å². The lowest BCUT2D eigenvalue weighted by Gasteiger charge is -2.35. The van der Waals surface area contributed by atoms with E-state index in [9.17, 15) is 13.2 Å². The number of rotatable bonds is 3. The summed E-state index contributed by atoms with van der Waals surface area (Å²) in [6.07, 6.45) is 9.27. The van der Waals surface area contributed by atoms with Crippen LogP contribution in [-0.2, 0) is 9.84 Å². The van der Waals surface area contributed by atoms with E-state index in [0.717, 1.165) is 19.1 Å². The Morgan fingerprint density at radius 3 is 2.83 bits per heavy atom. The number of carbonyl (C=O) groups excluding carboxylic acids is 1. The Morgan fingerprint density at radius 2 is 2.13 bits per heavy atom. The smallest absolute Gasteiger partial charge is 0.274 e. The molecule has 0 unspecified atom stereocenters. The molecule has 1 amide bonds. The summed E-state index contributed by atoms with van der Waals surface area (Å²) in [6, 6.07) is -0.356. The van der Waals surface area contributed by atoms with Crippen LogP contribution in [0.1, 0.15) is 41.5 Å². The fraction of sp³-hybridized carbons (Fsp3) is 0.429. The molecule has 9 heteroatoms. The van der Waals surface area contributed by atoms with Crippen LogP contribution < -0.4 is 0 Å². The highest BCUT2D eigenvalue weighted by atomic mass is 32.2. The quantitative estimate of drug-likeness (QED) is 0.895. The zero-order valence-electron chi connectivity index (χ0n) is 12.6. The zero-order valence-corrected chi connectivity index (χ0v) is 13.5. The van der Waals surface area contributed by atoms with Crippen molar-refractivity contribution < 1.29 is 13.2 Å². The van der Waals surface area contributed by atoms with E-state index in [-0.39, 0.29) is 22.5 Å². The Bertz CT molecular complexity index is 803. The molecule has 0 saturated carbocycles. The number of sulfone groups is 1. The van der Waals surface area contributed by atoms with Gasteiger partial charge in [0.05, 0.1) is 24.1 Å². The number of likely N-dealkylation sites (tertiary alicyclic amines) is 1. The number of hydrogen-bond acceptors (Lipinski definition) is 6. The Kier molecular flexibility index (Phi) is 4.12. The van der Waals surface area contributed by atoms with Crippen molar-refractivity contribution in [2.24, 2.45) is 0 Å². The lowest BCUT2D eigenvalue weighted by molar-refractivity contribution is 0.0595. The molecule has 8 nitrogen and oxygen atoms in total. The van der Waals surface area contributed by atoms with Gasteiger partial charge in [-0.1, -0.05) is 0 Å². The Morgan fingerprint density at radius 1 is 1.30 bits per heavy atom. The lowest BCUT2D eigenvalue weighted by Crippen LogP contribution is -2.39. The van der Waals surface area contributed by atoms with Crippen LogP contribution in [0.2, 0.25) is 0 Å². The van der Waals surface area contributed by atoms with Gasteiger partial charge in [0, 0.05) is 25.2 Å². The molecule has 1 aliphatic rings. The summed E-state index contributed by atoms with van der Waals surface area (Å²) in [7, 11) is -3.41. The van der Waals surface area contributed by atoms with E-state index in [0.29, 0.717) is 18.7 Å². The van der Waals surface area contributed by atoms with Crippen molar-refractivity contribution in [1.29, 1.82) is 0 Å². The average Bonchev–Trinajstić information content (AvgIpc) is 3.05. The first-order chi connectivity index (χ1) is 11.0. The molecule has 2 aromatic rings. The third-order valence-corrected chi connectivity index (χ3v) is 5.04. The van der Waals surface area contributed by atoms with Crippen LogP contribution in [0.15, 0.2) is 29.7 Å². The van der Waals surface area contributed by atoms with Gasteiger partial charge in [-0.3, -0.25) is 14.9 Å². The van der Waals surface area contributed by atoms with Gasteiger partial charge in [-0.2, -0.15) is 5.10 Å². The number of amides is 1. The predicted octanol–water partition coefficient (Wildman–Crippen LogP) is 0.971. The molecule has 1 N–H and O–H groups in total. The molecular formula is C14H17N5O3S. The first-order valence-corrected chi connectivity index (χ1v) is 9.18. The van der Waals surface area contributed by atoms with Crippen molar-refractivity contribution in [1.82, 2.24) is 25.1 Å². The zero-order chi connectivity index (χ0) is 16.4. The highest BCUT2D eigenvalue weighted by Gasteiger charge is 2.33. The molecule has 1 aliphatic heterocycles. The summed E-state index contributed by atoms with van der Waals surface area (Å²) in [5.41, 5.74) is 0.712. The fourth-order valence-electron chi connectivity index (χ4n) is 2.85. The average molecular weight is 335 g/mol. The van der Waals surface area contributed by atoms with Gasteiger partial charge in [0.15, 0.2) is 9.84 Å². The van der Waals surface area contributed by atoms with Gasteiger partial charge in [0.2, 0.25) is 0 Å². The maximum Gasteiger partial charge on any atom is 0.274 e. The van der Waals surface area contributed by atoms with Crippen molar-refractivity contribution in [3.05, 3.63) is 36.2 Å². The Labute approximate surface area is 133 Å². The van der Waals surface area contributed by atoms with Crippen LogP contribution in [-0.4, -0.2) is 52.2 Å². The first-order valence-electron chi connectivity index (χ1n) is 7.29. The summed E-state index contributed by atoms with van der Waals surface area (Å²) in [6.45, 7) is 0.544. The molecule has 2 aromatic heterocycles. The van der Waals surface area contributed by atoms with Crippen molar-refractivity contribution in [2.75, 3.05) is 12.8 Å². The minimum Gasteiger partial charge on any atom is -0.329 e. The molecular weight excluding hydrogens is 318 g/mol. The van der Waals surface area contributed by atoms with Crippen molar-refractivity contribution in [2.45, 2.75) is 30.2 Å². The number of aromatic amines is 1. The molecule has 0 aromatic carbocycles. The van der Waals surface area contributed by atoms with Gasteiger partial charge >= 0.3 is 0 Å². The second-order valence-corrected chi connectivity index (χ2v) is 7.51. The van der Waals surface area contributed by atoms with Crippen LogP contribution >= 0.6 is 0 Å². The highest BCUT2D eigenvalue weighted by molar-refractivity contribution is 7.90. The Balaban J connectivity index is 1.97. The standard InChI is InChI=1S/C14H17N5O3S/c1-23(21,22)12-9-17-18-13(12)11-4-2-3-7-19(11)14(20)10-8-15-5-6-16-10/h5-6,8-9,11H,2-4,7H2,1H3,(H,17,18)/t11-/m0/s1. The molecule has 1 fully saturated rings. The summed E-state index contributed by atoms with van der Waals surface area (Å²) >= 11 is 0. The predicted molar refractivity (Wildman–Crippen MR) is 81.4 cm³/mol. The molecule has 0 radical (unpaired) electrons. The number of hydrogen-bond donors (Lipinski definition) is 1. The molecule has 0 bridgehead atoms. The molecule has 23 heavy (non-hydrogen) atoms. The minimum absolute atomic E-state index is 0.140. The van der Waals surface area contributed by atoms with Crippen LogP contribution in [0.25, 0.3) is 0 Å². The van der Waals surface area contributed by atoms with Crippen LogP contribution in [0, 0.1) is 0 Å². The second-order valence-electron chi connectivity index (χ2n) is 5.52. The molecule has 3 rings (SSSR count). The van der Waals surface area contributed by atoms with E-state index in [1.165, 1.54) is 24.8 Å². The van der Waals surface area contributed by atoms with E-state index >= 15 is 0 Å². The van der Waals surface area contributed by atoms with Crippen molar-refractivity contribution in [3.8, 4) is 0 Å². The molecule has 122 valence electrons. The maximum absolute atomic E-state index is 12.7. The van der Waals surface area contributed by atoms with Gasteiger partial charge in [0.1, 0.15) is 10.6 Å². The van der Waals surface area contributed by atoms with Crippen LogP contribution in [0.4, 0.5) is 0 Å². The van der Waals surface area contributed by atoms with E-state index in [1.807, 2.05) is 0 Å². The number of H-pyrrole nitrogens is 1. The van der Waals surface area contributed by atoms with Gasteiger partial charge in [-0.05, 0) is 19.3 Å². The number of piperidine rings is 1. The molecule has 1 saturated heterocycles. The number of carbonyl (C=O) groups is 1. The number of aromatic nitrogens is 4. The van der Waals surface area contributed by atoms with Crippen LogP contribution in [0.5, 0.6) is 0 Å². The third kappa shape index (κ3) is 3.09. The maximum atomic E-state index is 12.7. The molecule has 0 spiro atoms. The second kappa shape index (κ2) is 6.07. The number of nitrogens with zero attached hydrogens (tertiary/aromatic N) is 4. The summed E-state index contributed by atoms with van der Waals surface area (Å²) in [4.78, 5) is 22.5. The highest BCUT2D eigenvalue weighted by Crippen LogP contribution is 2.33. The van der Waals surface area contributed by atoms with Gasteiger partial charge in [-0.25, -0.2) is 13.4 Å². The summed E-state index contributed by atoms with van der Waals surface area (Å²) in [5.74, 6) is -0.253. The lowest BCUT2D eigenvalue weighted by atomic mass is 9.99. The van der Waals surface area contributed by atoms with E-state index in [2.05, 4.69) is 20.2 Å². The van der Waals surface area contributed by atoms with Gasteiger partial charge in [-0.15, -0.1) is 0 Å².